The Kier molecular flexibility index (Phi) is 4.66. The van der Waals surface area contributed by atoms with Gasteiger partial charge in [-0.3, -0.25) is 14.0 Å². The molecule has 0 bridgehead atoms. The Morgan fingerprint density at radius 3 is 2.17 bits per heavy atom. The number of phenols is 1. The van der Waals surface area contributed by atoms with E-state index >= 15 is 0 Å². The minimum Gasteiger partial charge on any atom is -0.507 e. The molecule has 0 fully saturated rings. The van der Waals surface area contributed by atoms with Gasteiger partial charge in [-0.15, -0.1) is 0 Å². The van der Waals surface area contributed by atoms with Crippen molar-refractivity contribution in [3.05, 3.63) is 134 Å². The number of hydrogen-bond acceptors (Lipinski definition) is 3. The molecule has 198 valence electrons. The molecule has 0 saturated heterocycles. The van der Waals surface area contributed by atoms with Crippen molar-refractivity contribution < 1.29 is 5.11 Å². The maximum Gasteiger partial charge on any atom is 0.220 e. The van der Waals surface area contributed by atoms with Gasteiger partial charge >= 0.3 is 0 Å². The fourth-order valence-electron chi connectivity index (χ4n) is 6.44. The molecule has 0 aliphatic heterocycles. The van der Waals surface area contributed by atoms with Crippen LogP contribution in [0, 0.1) is 0 Å². The van der Waals surface area contributed by atoms with Crippen molar-refractivity contribution in [2.75, 3.05) is 0 Å². The van der Waals surface area contributed by atoms with Crippen molar-refractivity contribution in [2.45, 2.75) is 0 Å². The molecule has 9 rings (SSSR count). The lowest BCUT2D eigenvalue weighted by atomic mass is 10.1. The van der Waals surface area contributed by atoms with Gasteiger partial charge in [0.15, 0.2) is 0 Å². The summed E-state index contributed by atoms with van der Waals surface area (Å²) >= 11 is 0. The third kappa shape index (κ3) is 3.09. The molecule has 0 aliphatic carbocycles. The lowest BCUT2D eigenvalue weighted by Gasteiger charge is -2.12. The quantitative estimate of drug-likeness (QED) is 0.245. The van der Waals surface area contributed by atoms with E-state index in [-0.39, 0.29) is 5.75 Å². The first-order valence-electron chi connectivity index (χ1n) is 13.9. The van der Waals surface area contributed by atoms with Crippen molar-refractivity contribution in [2.24, 2.45) is 0 Å². The number of aromatic nitrogens is 5. The zero-order valence-electron chi connectivity index (χ0n) is 22.4. The first-order chi connectivity index (χ1) is 20.8. The van der Waals surface area contributed by atoms with Gasteiger partial charge in [-0.2, -0.15) is 0 Å². The second-order valence-corrected chi connectivity index (χ2v) is 10.5. The summed E-state index contributed by atoms with van der Waals surface area (Å²) in [5, 5.41) is 13.1. The summed E-state index contributed by atoms with van der Waals surface area (Å²) in [7, 11) is 0. The summed E-state index contributed by atoms with van der Waals surface area (Å²) in [5.74, 6) is 1.08. The van der Waals surface area contributed by atoms with Gasteiger partial charge in [-0.05, 0) is 72.8 Å². The maximum atomic E-state index is 10.8. The van der Waals surface area contributed by atoms with Crippen LogP contribution in [-0.4, -0.2) is 28.6 Å². The summed E-state index contributed by atoms with van der Waals surface area (Å²) in [5.41, 5.74) is 9.84. The van der Waals surface area contributed by atoms with E-state index in [1.54, 1.807) is 12.3 Å². The van der Waals surface area contributed by atoms with Crippen molar-refractivity contribution in [1.82, 2.24) is 23.5 Å². The lowest BCUT2D eigenvalue weighted by molar-refractivity contribution is 0.477. The van der Waals surface area contributed by atoms with Gasteiger partial charge in [0.05, 0.1) is 44.5 Å². The SMILES string of the molecule is Oc1ccc(-n2c3ccccc3c3c(-n4c5ccccc5n5c6ccccc6nc45)cccc32)cc1-c1ccccn1. The van der Waals surface area contributed by atoms with Crippen molar-refractivity contribution >= 4 is 49.7 Å². The monoisotopic (exact) mass is 541 g/mol. The smallest absolute Gasteiger partial charge is 0.220 e. The van der Waals surface area contributed by atoms with Gasteiger partial charge in [0.25, 0.3) is 0 Å². The van der Waals surface area contributed by atoms with E-state index in [0.29, 0.717) is 5.56 Å². The van der Waals surface area contributed by atoms with Crippen LogP contribution in [0.2, 0.25) is 0 Å². The normalized spacial score (nSPS) is 11.9. The molecule has 1 N–H and O–H groups in total. The predicted octanol–water partition coefficient (Wildman–Crippen LogP) is 8.30. The lowest BCUT2D eigenvalue weighted by Crippen LogP contribution is -1.98. The first-order valence-corrected chi connectivity index (χ1v) is 13.9. The number of rotatable bonds is 3. The van der Waals surface area contributed by atoms with Crippen LogP contribution >= 0.6 is 0 Å². The number of nitrogens with zero attached hydrogens (tertiary/aromatic N) is 5. The second-order valence-electron chi connectivity index (χ2n) is 10.5. The van der Waals surface area contributed by atoms with Gasteiger partial charge in [0.1, 0.15) is 5.75 Å². The maximum absolute atomic E-state index is 10.8. The molecule has 9 aromatic rings. The molecule has 0 radical (unpaired) electrons. The average molecular weight is 542 g/mol. The standard InChI is InChI=1S/C36H23N5O/c42-34-20-19-23(22-25(34)26-11-7-8-21-37-26)39-28-13-3-1-10-24(28)35-32(39)17-9-18-33(35)41-31-16-6-5-15-30(31)40-29-14-4-2-12-27(29)38-36(40)41/h1-22,42H. The summed E-state index contributed by atoms with van der Waals surface area (Å²) in [4.78, 5) is 9.62. The molecule has 0 aliphatic rings. The van der Waals surface area contributed by atoms with Gasteiger partial charge in [0.2, 0.25) is 5.78 Å². The van der Waals surface area contributed by atoms with E-state index < -0.39 is 0 Å². The Balaban J connectivity index is 1.40. The molecule has 6 nitrogen and oxygen atoms in total. The van der Waals surface area contributed by atoms with Crippen LogP contribution in [0.15, 0.2) is 134 Å². The van der Waals surface area contributed by atoms with Crippen LogP contribution in [-0.2, 0) is 0 Å². The number of hydrogen-bond donors (Lipinski definition) is 1. The highest BCUT2D eigenvalue weighted by atomic mass is 16.3. The third-order valence-electron chi connectivity index (χ3n) is 8.20. The topological polar surface area (TPSA) is 60.3 Å². The Morgan fingerprint density at radius 2 is 1.31 bits per heavy atom. The number of benzene rings is 5. The van der Waals surface area contributed by atoms with E-state index in [0.717, 1.165) is 66.7 Å². The molecule has 6 heteroatoms. The highest BCUT2D eigenvalue weighted by Gasteiger charge is 2.22. The summed E-state index contributed by atoms with van der Waals surface area (Å²) in [6.07, 6.45) is 1.75. The van der Waals surface area contributed by atoms with E-state index in [1.807, 2.05) is 36.4 Å². The van der Waals surface area contributed by atoms with Gasteiger partial charge in [0, 0.05) is 28.2 Å². The van der Waals surface area contributed by atoms with Crippen molar-refractivity contribution in [3.63, 3.8) is 0 Å². The molecule has 0 saturated carbocycles. The Bertz CT molecular complexity index is 2480. The van der Waals surface area contributed by atoms with Crippen LogP contribution < -0.4 is 0 Å². The minimum absolute atomic E-state index is 0.200. The minimum atomic E-state index is 0.200. The van der Waals surface area contributed by atoms with Gasteiger partial charge in [-0.25, -0.2) is 4.98 Å². The third-order valence-corrected chi connectivity index (χ3v) is 8.20. The summed E-state index contributed by atoms with van der Waals surface area (Å²) in [6.45, 7) is 0. The fourth-order valence-corrected chi connectivity index (χ4v) is 6.44. The Labute approximate surface area is 240 Å². The molecule has 0 atom stereocenters. The average Bonchev–Trinajstić information content (AvgIpc) is 3.69. The summed E-state index contributed by atoms with van der Waals surface area (Å²) < 4.78 is 6.80. The molecule has 0 unspecified atom stereocenters. The molecule has 0 amide bonds. The number of pyridine rings is 1. The van der Waals surface area contributed by atoms with E-state index in [4.69, 9.17) is 4.98 Å². The van der Waals surface area contributed by atoms with Crippen LogP contribution in [0.4, 0.5) is 0 Å². The van der Waals surface area contributed by atoms with E-state index in [9.17, 15) is 5.11 Å². The molecule has 5 aromatic carbocycles. The molecular formula is C36H23N5O. The Morgan fingerprint density at radius 1 is 0.571 bits per heavy atom. The van der Waals surface area contributed by atoms with Crippen LogP contribution in [0.3, 0.4) is 0 Å². The van der Waals surface area contributed by atoms with Crippen LogP contribution in [0.25, 0.3) is 72.3 Å². The van der Waals surface area contributed by atoms with Gasteiger partial charge < -0.3 is 9.67 Å². The number of imidazole rings is 2. The van der Waals surface area contributed by atoms with E-state index in [1.165, 1.54) is 0 Å². The zero-order chi connectivity index (χ0) is 27.8. The Hall–Kier alpha value is -5.88. The van der Waals surface area contributed by atoms with E-state index in [2.05, 4.69) is 103 Å². The first kappa shape index (κ1) is 22.9. The van der Waals surface area contributed by atoms with Gasteiger partial charge in [-0.1, -0.05) is 54.6 Å². The molecule has 42 heavy (non-hydrogen) atoms. The number of phenolic OH excluding ortho intramolecular Hbond substituents is 1. The molecular weight excluding hydrogens is 518 g/mol. The number of para-hydroxylation sites is 5. The second kappa shape index (κ2) is 8.56. The van der Waals surface area contributed by atoms with Crippen LogP contribution in [0.5, 0.6) is 5.75 Å². The molecule has 4 heterocycles. The summed E-state index contributed by atoms with van der Waals surface area (Å²) in [6, 6.07) is 43.2. The number of fused-ring (bicyclic) bond motifs is 8. The van der Waals surface area contributed by atoms with Crippen molar-refractivity contribution in [1.29, 1.82) is 0 Å². The highest BCUT2D eigenvalue weighted by molar-refractivity contribution is 6.14. The molecule has 0 spiro atoms. The van der Waals surface area contributed by atoms with Crippen LogP contribution in [0.1, 0.15) is 0 Å². The zero-order valence-corrected chi connectivity index (χ0v) is 22.4. The molecule has 4 aromatic heterocycles. The highest BCUT2D eigenvalue weighted by Crippen LogP contribution is 2.40. The largest absolute Gasteiger partial charge is 0.507 e. The fraction of sp³-hybridized carbons (Fsp3) is 0. The van der Waals surface area contributed by atoms with Crippen molar-refractivity contribution in [3.8, 4) is 28.4 Å². The number of aromatic hydroxyl groups is 1. The predicted molar refractivity (Wildman–Crippen MR) is 169 cm³/mol.